The van der Waals surface area contributed by atoms with E-state index in [-0.39, 0.29) is 11.7 Å². The molecule has 7 heteroatoms. The third-order valence-corrected chi connectivity index (χ3v) is 5.77. The van der Waals surface area contributed by atoms with Gasteiger partial charge in [-0.25, -0.2) is 4.39 Å². The third-order valence-electron chi connectivity index (χ3n) is 5.17. The van der Waals surface area contributed by atoms with Gasteiger partial charge in [-0.15, -0.1) is 0 Å². The number of amides is 1. The highest BCUT2D eigenvalue weighted by atomic mass is 32.2. The van der Waals surface area contributed by atoms with E-state index in [0.29, 0.717) is 32.0 Å². The molecule has 3 rings (SSSR count). The van der Waals surface area contributed by atoms with Crippen molar-refractivity contribution in [1.82, 2.24) is 15.5 Å². The SMILES string of the molecule is CN=C(NCc1ccc(CN2CCCC2=O)cc1)NCc1ccc(F)cc1CSC. The van der Waals surface area contributed by atoms with E-state index in [0.717, 1.165) is 41.0 Å². The van der Waals surface area contributed by atoms with Gasteiger partial charge in [0.05, 0.1) is 0 Å². The van der Waals surface area contributed by atoms with Crippen molar-refractivity contribution in [3.63, 3.8) is 0 Å². The molecule has 0 saturated carbocycles. The maximum absolute atomic E-state index is 13.5. The van der Waals surface area contributed by atoms with Gasteiger partial charge >= 0.3 is 0 Å². The van der Waals surface area contributed by atoms with Crippen molar-refractivity contribution >= 4 is 23.6 Å². The molecule has 1 aliphatic heterocycles. The smallest absolute Gasteiger partial charge is 0.222 e. The summed E-state index contributed by atoms with van der Waals surface area (Å²) in [7, 11) is 1.74. The summed E-state index contributed by atoms with van der Waals surface area (Å²) in [6, 6.07) is 13.2. The van der Waals surface area contributed by atoms with Gasteiger partial charge in [0.2, 0.25) is 5.91 Å². The summed E-state index contributed by atoms with van der Waals surface area (Å²) in [6.45, 7) is 2.77. The molecule has 1 aliphatic rings. The Morgan fingerprint density at radius 2 is 1.83 bits per heavy atom. The van der Waals surface area contributed by atoms with Crippen molar-refractivity contribution < 1.29 is 9.18 Å². The number of aliphatic imine (C=N–C) groups is 1. The molecule has 0 unspecified atom stereocenters. The molecule has 1 amide bonds. The number of halogens is 1. The highest BCUT2D eigenvalue weighted by Gasteiger charge is 2.19. The number of benzene rings is 2. The van der Waals surface area contributed by atoms with Crippen molar-refractivity contribution in [1.29, 1.82) is 0 Å². The van der Waals surface area contributed by atoms with Gasteiger partial charge in [-0.1, -0.05) is 30.3 Å². The largest absolute Gasteiger partial charge is 0.352 e. The maximum Gasteiger partial charge on any atom is 0.222 e. The zero-order valence-electron chi connectivity index (χ0n) is 17.6. The first-order chi connectivity index (χ1) is 14.6. The van der Waals surface area contributed by atoms with Crippen molar-refractivity contribution in [2.75, 3.05) is 19.8 Å². The lowest BCUT2D eigenvalue weighted by Gasteiger charge is -2.16. The zero-order chi connectivity index (χ0) is 21.3. The quantitative estimate of drug-likeness (QED) is 0.498. The predicted molar refractivity (Wildman–Crippen MR) is 122 cm³/mol. The number of nitrogens with zero attached hydrogens (tertiary/aromatic N) is 2. The van der Waals surface area contributed by atoms with E-state index >= 15 is 0 Å². The van der Waals surface area contributed by atoms with Crippen molar-refractivity contribution in [2.24, 2.45) is 4.99 Å². The lowest BCUT2D eigenvalue weighted by atomic mass is 10.1. The molecule has 0 atom stereocenters. The molecule has 2 aromatic carbocycles. The van der Waals surface area contributed by atoms with Crippen LogP contribution in [0.25, 0.3) is 0 Å². The van der Waals surface area contributed by atoms with Crippen LogP contribution in [0.15, 0.2) is 47.5 Å². The molecule has 30 heavy (non-hydrogen) atoms. The first kappa shape index (κ1) is 22.2. The number of nitrogens with one attached hydrogen (secondary N) is 2. The summed E-state index contributed by atoms with van der Waals surface area (Å²) in [4.78, 5) is 18.0. The molecule has 1 saturated heterocycles. The molecule has 0 radical (unpaired) electrons. The lowest BCUT2D eigenvalue weighted by Crippen LogP contribution is -2.36. The average molecular weight is 429 g/mol. The van der Waals surface area contributed by atoms with Crippen molar-refractivity contribution in [2.45, 2.75) is 38.2 Å². The minimum Gasteiger partial charge on any atom is -0.352 e. The monoisotopic (exact) mass is 428 g/mol. The Morgan fingerprint density at radius 3 is 2.50 bits per heavy atom. The molecule has 1 fully saturated rings. The second kappa shape index (κ2) is 11.0. The molecular formula is C23H29FN4OS. The van der Waals surface area contributed by atoms with Crippen molar-refractivity contribution in [3.8, 4) is 0 Å². The Labute approximate surface area is 182 Å². The minimum absolute atomic E-state index is 0.206. The zero-order valence-corrected chi connectivity index (χ0v) is 18.4. The first-order valence-electron chi connectivity index (χ1n) is 10.2. The summed E-state index contributed by atoms with van der Waals surface area (Å²) in [5, 5.41) is 6.62. The van der Waals surface area contributed by atoms with Gasteiger partial charge in [-0.05, 0) is 47.1 Å². The molecule has 0 aromatic heterocycles. The normalized spacial score (nSPS) is 14.3. The topological polar surface area (TPSA) is 56.7 Å². The number of carbonyl (C=O) groups excluding carboxylic acids is 1. The minimum atomic E-state index is -0.206. The van der Waals surface area contributed by atoms with Crippen LogP contribution >= 0.6 is 11.8 Å². The molecule has 0 bridgehead atoms. The number of carbonyl (C=O) groups is 1. The number of likely N-dealkylation sites (tertiary alicyclic amines) is 1. The Balaban J connectivity index is 1.50. The fourth-order valence-corrected chi connectivity index (χ4v) is 4.08. The van der Waals surface area contributed by atoms with Crippen LogP contribution in [0, 0.1) is 5.82 Å². The Kier molecular flexibility index (Phi) is 8.13. The fourth-order valence-electron chi connectivity index (χ4n) is 3.50. The molecular weight excluding hydrogens is 399 g/mol. The number of thioether (sulfide) groups is 1. The average Bonchev–Trinajstić information content (AvgIpc) is 3.15. The summed E-state index contributed by atoms with van der Waals surface area (Å²) >= 11 is 1.67. The van der Waals surface area contributed by atoms with Gasteiger partial charge in [0, 0.05) is 45.4 Å². The highest BCUT2D eigenvalue weighted by molar-refractivity contribution is 7.97. The standard InChI is InChI=1S/C23H29FN4OS/c1-25-23(27-14-19-9-10-21(24)12-20(19)16-30-2)26-13-17-5-7-18(8-6-17)15-28-11-3-4-22(28)29/h5-10,12H,3-4,11,13-16H2,1-2H3,(H2,25,26,27). The van der Waals surface area contributed by atoms with Gasteiger partial charge in [-0.2, -0.15) is 11.8 Å². The van der Waals surface area contributed by atoms with Gasteiger partial charge < -0.3 is 15.5 Å². The second-order valence-electron chi connectivity index (χ2n) is 7.36. The summed E-state index contributed by atoms with van der Waals surface area (Å²) in [5.74, 6) is 1.51. The number of hydrogen-bond donors (Lipinski definition) is 2. The number of hydrogen-bond acceptors (Lipinski definition) is 3. The molecule has 5 nitrogen and oxygen atoms in total. The van der Waals surface area contributed by atoms with E-state index in [2.05, 4.69) is 39.9 Å². The van der Waals surface area contributed by atoms with Gasteiger partial charge in [0.1, 0.15) is 5.82 Å². The van der Waals surface area contributed by atoms with Crippen LogP contribution in [-0.2, 0) is 30.2 Å². The van der Waals surface area contributed by atoms with E-state index in [4.69, 9.17) is 0 Å². The van der Waals surface area contributed by atoms with E-state index in [1.807, 2.05) is 17.2 Å². The predicted octanol–water partition coefficient (Wildman–Crippen LogP) is 3.68. The van der Waals surface area contributed by atoms with Gasteiger partial charge in [-0.3, -0.25) is 9.79 Å². The molecule has 2 aromatic rings. The Hall–Kier alpha value is -2.54. The summed E-state index contributed by atoms with van der Waals surface area (Å²) < 4.78 is 13.5. The van der Waals surface area contributed by atoms with E-state index in [1.165, 1.54) is 6.07 Å². The Morgan fingerprint density at radius 1 is 1.10 bits per heavy atom. The number of guanidine groups is 1. The van der Waals surface area contributed by atoms with Crippen LogP contribution in [0.5, 0.6) is 0 Å². The molecule has 2 N–H and O–H groups in total. The van der Waals surface area contributed by atoms with E-state index in [9.17, 15) is 9.18 Å². The molecule has 160 valence electrons. The van der Waals surface area contributed by atoms with E-state index < -0.39 is 0 Å². The number of rotatable bonds is 8. The van der Waals surface area contributed by atoms with Crippen LogP contribution in [0.2, 0.25) is 0 Å². The Bertz CT molecular complexity index is 885. The second-order valence-corrected chi connectivity index (χ2v) is 8.23. The highest BCUT2D eigenvalue weighted by Crippen LogP contribution is 2.17. The van der Waals surface area contributed by atoms with Gasteiger partial charge in [0.15, 0.2) is 5.96 Å². The molecule has 0 aliphatic carbocycles. The molecule has 1 heterocycles. The van der Waals surface area contributed by atoms with Crippen molar-refractivity contribution in [3.05, 3.63) is 70.5 Å². The maximum atomic E-state index is 13.5. The fraction of sp³-hybridized carbons (Fsp3) is 0.391. The van der Waals surface area contributed by atoms with Crippen LogP contribution in [0.1, 0.15) is 35.1 Å². The van der Waals surface area contributed by atoms with E-state index in [1.54, 1.807) is 24.9 Å². The third kappa shape index (κ3) is 6.23. The first-order valence-corrected chi connectivity index (χ1v) is 11.5. The van der Waals surface area contributed by atoms with Crippen LogP contribution in [0.3, 0.4) is 0 Å². The molecule has 0 spiro atoms. The summed E-state index contributed by atoms with van der Waals surface area (Å²) in [5.41, 5.74) is 4.35. The van der Waals surface area contributed by atoms with Crippen LogP contribution in [0.4, 0.5) is 4.39 Å². The van der Waals surface area contributed by atoms with Crippen LogP contribution in [-0.4, -0.2) is 36.6 Å². The van der Waals surface area contributed by atoms with Gasteiger partial charge in [0.25, 0.3) is 0 Å². The summed E-state index contributed by atoms with van der Waals surface area (Å²) in [6.07, 6.45) is 3.64. The lowest BCUT2D eigenvalue weighted by molar-refractivity contribution is -0.128. The van der Waals surface area contributed by atoms with Crippen LogP contribution < -0.4 is 10.6 Å².